The van der Waals surface area contributed by atoms with Crippen LogP contribution in [-0.4, -0.2) is 6.04 Å². The van der Waals surface area contributed by atoms with Crippen molar-refractivity contribution in [2.45, 2.75) is 32.0 Å². The molecule has 1 aliphatic rings. The first-order chi connectivity index (χ1) is 10.2. The zero-order valence-corrected chi connectivity index (χ0v) is 13.2. The standard InChI is InChI=1S/C17H17BrFNO/c18-16-9-13(4-7-17(16)19)11-21-15-3-1-2-12(8-15)10-20-14-5-6-14/h1-4,7-9,14,20H,5-6,10-11H2. The smallest absolute Gasteiger partial charge is 0.137 e. The van der Waals surface area contributed by atoms with E-state index in [0.29, 0.717) is 17.1 Å². The molecule has 2 nitrogen and oxygen atoms in total. The second kappa shape index (κ2) is 6.58. The molecule has 0 aromatic heterocycles. The maximum atomic E-state index is 13.2. The summed E-state index contributed by atoms with van der Waals surface area (Å²) in [4.78, 5) is 0. The van der Waals surface area contributed by atoms with Gasteiger partial charge in [0.25, 0.3) is 0 Å². The Morgan fingerprint density at radius 3 is 2.76 bits per heavy atom. The minimum absolute atomic E-state index is 0.258. The van der Waals surface area contributed by atoms with E-state index in [-0.39, 0.29) is 5.82 Å². The highest BCUT2D eigenvalue weighted by atomic mass is 79.9. The van der Waals surface area contributed by atoms with Gasteiger partial charge >= 0.3 is 0 Å². The minimum Gasteiger partial charge on any atom is -0.489 e. The number of halogens is 2. The van der Waals surface area contributed by atoms with Crippen LogP contribution in [0.4, 0.5) is 4.39 Å². The van der Waals surface area contributed by atoms with Gasteiger partial charge in [0.05, 0.1) is 4.47 Å². The third kappa shape index (κ3) is 4.29. The van der Waals surface area contributed by atoms with Crippen LogP contribution >= 0.6 is 15.9 Å². The van der Waals surface area contributed by atoms with Crippen molar-refractivity contribution in [1.29, 1.82) is 0 Å². The van der Waals surface area contributed by atoms with Crippen LogP contribution < -0.4 is 10.1 Å². The molecule has 2 aromatic carbocycles. The summed E-state index contributed by atoms with van der Waals surface area (Å²) in [6, 6.07) is 13.7. The van der Waals surface area contributed by atoms with Gasteiger partial charge in [-0.2, -0.15) is 0 Å². The molecule has 0 heterocycles. The van der Waals surface area contributed by atoms with Gasteiger partial charge in [-0.3, -0.25) is 0 Å². The van der Waals surface area contributed by atoms with Gasteiger partial charge in [0.2, 0.25) is 0 Å². The van der Waals surface area contributed by atoms with Crippen LogP contribution in [-0.2, 0) is 13.2 Å². The van der Waals surface area contributed by atoms with Crippen molar-refractivity contribution < 1.29 is 9.13 Å². The Balaban J connectivity index is 1.58. The molecule has 0 radical (unpaired) electrons. The molecule has 0 unspecified atom stereocenters. The highest BCUT2D eigenvalue weighted by Gasteiger charge is 2.19. The monoisotopic (exact) mass is 349 g/mol. The average molecular weight is 350 g/mol. The average Bonchev–Trinajstić information content (AvgIpc) is 3.31. The normalized spacial score (nSPS) is 14.2. The molecule has 110 valence electrons. The summed E-state index contributed by atoms with van der Waals surface area (Å²) >= 11 is 3.19. The molecule has 1 aliphatic carbocycles. The van der Waals surface area contributed by atoms with Gasteiger partial charge in [-0.05, 0) is 64.2 Å². The van der Waals surface area contributed by atoms with Gasteiger partial charge in [0.1, 0.15) is 18.2 Å². The SMILES string of the molecule is Fc1ccc(COc2cccc(CNC3CC3)c2)cc1Br. The van der Waals surface area contributed by atoms with E-state index in [2.05, 4.69) is 27.3 Å². The fraction of sp³-hybridized carbons (Fsp3) is 0.294. The Hall–Kier alpha value is -1.39. The fourth-order valence-corrected chi connectivity index (χ4v) is 2.52. The first-order valence-corrected chi connectivity index (χ1v) is 7.89. The van der Waals surface area contributed by atoms with Crippen molar-refractivity contribution in [1.82, 2.24) is 5.32 Å². The first-order valence-electron chi connectivity index (χ1n) is 7.10. The summed E-state index contributed by atoms with van der Waals surface area (Å²) in [5.41, 5.74) is 2.16. The van der Waals surface area contributed by atoms with Crippen LogP contribution in [0.2, 0.25) is 0 Å². The number of hydrogen-bond acceptors (Lipinski definition) is 2. The van der Waals surface area contributed by atoms with Crippen molar-refractivity contribution in [3.8, 4) is 5.75 Å². The zero-order valence-electron chi connectivity index (χ0n) is 11.6. The topological polar surface area (TPSA) is 21.3 Å². The van der Waals surface area contributed by atoms with E-state index in [9.17, 15) is 4.39 Å². The number of nitrogens with one attached hydrogen (secondary N) is 1. The molecular formula is C17H17BrFNO. The minimum atomic E-state index is -0.258. The lowest BCUT2D eigenvalue weighted by atomic mass is 10.2. The van der Waals surface area contributed by atoms with Crippen LogP contribution in [0.3, 0.4) is 0 Å². The summed E-state index contributed by atoms with van der Waals surface area (Å²) in [7, 11) is 0. The molecule has 0 amide bonds. The molecule has 0 bridgehead atoms. The molecule has 4 heteroatoms. The van der Waals surface area contributed by atoms with E-state index < -0.39 is 0 Å². The third-order valence-electron chi connectivity index (χ3n) is 3.46. The van der Waals surface area contributed by atoms with Gasteiger partial charge in [-0.15, -0.1) is 0 Å². The molecule has 0 saturated heterocycles. The Kier molecular flexibility index (Phi) is 4.56. The summed E-state index contributed by atoms with van der Waals surface area (Å²) < 4.78 is 19.4. The molecule has 3 rings (SSSR count). The summed E-state index contributed by atoms with van der Waals surface area (Å²) in [5.74, 6) is 0.581. The molecule has 21 heavy (non-hydrogen) atoms. The number of benzene rings is 2. The van der Waals surface area contributed by atoms with Crippen LogP contribution in [0.25, 0.3) is 0 Å². The Morgan fingerprint density at radius 2 is 2.00 bits per heavy atom. The van der Waals surface area contributed by atoms with Crippen LogP contribution in [0, 0.1) is 5.82 Å². The summed E-state index contributed by atoms with van der Waals surface area (Å²) in [5, 5.41) is 3.48. The lowest BCUT2D eigenvalue weighted by Gasteiger charge is -2.09. The van der Waals surface area contributed by atoms with E-state index in [1.807, 2.05) is 18.2 Å². The van der Waals surface area contributed by atoms with Crippen LogP contribution in [0.15, 0.2) is 46.9 Å². The maximum Gasteiger partial charge on any atom is 0.137 e. The molecular weight excluding hydrogens is 333 g/mol. The molecule has 1 fully saturated rings. The van der Waals surface area contributed by atoms with Gasteiger partial charge in [0.15, 0.2) is 0 Å². The fourth-order valence-electron chi connectivity index (χ4n) is 2.09. The highest BCUT2D eigenvalue weighted by Crippen LogP contribution is 2.21. The van der Waals surface area contributed by atoms with E-state index in [4.69, 9.17) is 4.74 Å². The second-order valence-electron chi connectivity index (χ2n) is 5.34. The third-order valence-corrected chi connectivity index (χ3v) is 4.07. The Morgan fingerprint density at radius 1 is 1.14 bits per heavy atom. The molecule has 0 atom stereocenters. The van der Waals surface area contributed by atoms with E-state index in [0.717, 1.165) is 17.9 Å². The van der Waals surface area contributed by atoms with Crippen molar-refractivity contribution in [2.75, 3.05) is 0 Å². The molecule has 0 spiro atoms. The molecule has 1 saturated carbocycles. The lowest BCUT2D eigenvalue weighted by Crippen LogP contribution is -2.15. The molecule has 0 aliphatic heterocycles. The van der Waals surface area contributed by atoms with E-state index in [1.54, 1.807) is 12.1 Å². The van der Waals surface area contributed by atoms with E-state index in [1.165, 1.54) is 24.5 Å². The number of hydrogen-bond donors (Lipinski definition) is 1. The van der Waals surface area contributed by atoms with Crippen molar-refractivity contribution >= 4 is 15.9 Å². The summed E-state index contributed by atoms with van der Waals surface area (Å²) in [6.45, 7) is 1.31. The quantitative estimate of drug-likeness (QED) is 0.833. The van der Waals surface area contributed by atoms with Crippen LogP contribution in [0.5, 0.6) is 5.75 Å². The zero-order chi connectivity index (χ0) is 14.7. The lowest BCUT2D eigenvalue weighted by molar-refractivity contribution is 0.305. The largest absolute Gasteiger partial charge is 0.489 e. The van der Waals surface area contributed by atoms with Gasteiger partial charge in [-0.25, -0.2) is 4.39 Å². The van der Waals surface area contributed by atoms with Gasteiger partial charge < -0.3 is 10.1 Å². The number of rotatable bonds is 6. The second-order valence-corrected chi connectivity index (χ2v) is 6.19. The maximum absolute atomic E-state index is 13.2. The summed E-state index contributed by atoms with van der Waals surface area (Å²) in [6.07, 6.45) is 2.57. The predicted octanol–water partition coefficient (Wildman–Crippen LogP) is 4.42. The number of ether oxygens (including phenoxy) is 1. The highest BCUT2D eigenvalue weighted by molar-refractivity contribution is 9.10. The van der Waals surface area contributed by atoms with Gasteiger partial charge in [-0.1, -0.05) is 18.2 Å². The van der Waals surface area contributed by atoms with Gasteiger partial charge in [0, 0.05) is 12.6 Å². The Bertz CT molecular complexity index is 628. The predicted molar refractivity (Wildman–Crippen MR) is 84.7 cm³/mol. The van der Waals surface area contributed by atoms with Crippen molar-refractivity contribution in [3.05, 3.63) is 63.9 Å². The van der Waals surface area contributed by atoms with E-state index >= 15 is 0 Å². The first kappa shape index (κ1) is 14.5. The van der Waals surface area contributed by atoms with Crippen molar-refractivity contribution in [3.63, 3.8) is 0 Å². The van der Waals surface area contributed by atoms with Crippen LogP contribution in [0.1, 0.15) is 24.0 Å². The Labute approximate surface area is 132 Å². The molecule has 1 N–H and O–H groups in total. The molecule has 2 aromatic rings. The van der Waals surface area contributed by atoms with Crippen molar-refractivity contribution in [2.24, 2.45) is 0 Å².